The molecule has 0 saturated carbocycles. The fraction of sp³-hybridized carbons (Fsp3) is 0.333. The number of carbonyl (C=O) groups excluding carboxylic acids is 1. The molecule has 0 aliphatic heterocycles. The monoisotopic (exact) mass is 344 g/mol. The number of alkyl halides is 3. The Morgan fingerprint density at radius 1 is 1.48 bits per heavy atom. The Morgan fingerprint density at radius 2 is 2.22 bits per heavy atom. The van der Waals surface area contributed by atoms with Crippen LogP contribution in [0.5, 0.6) is 0 Å². The quantitative estimate of drug-likeness (QED) is 0.748. The largest absolute Gasteiger partial charge is 0.459 e. The molecule has 0 fully saturated rings. The molecule has 2 aromatic rings. The lowest BCUT2D eigenvalue weighted by molar-refractivity contribution is -0.159. The lowest BCUT2D eigenvalue weighted by Gasteiger charge is -2.22. The maximum atomic E-state index is 12.5. The second kappa shape index (κ2) is 6.99. The van der Waals surface area contributed by atoms with E-state index in [0.29, 0.717) is 21.4 Å². The van der Waals surface area contributed by atoms with Crippen molar-refractivity contribution < 1.29 is 22.4 Å². The average molecular weight is 344 g/mol. The maximum Gasteiger partial charge on any atom is 0.406 e. The zero-order valence-corrected chi connectivity index (χ0v) is 13.2. The molecule has 2 aromatic heterocycles. The van der Waals surface area contributed by atoms with Gasteiger partial charge < -0.3 is 9.32 Å². The van der Waals surface area contributed by atoms with E-state index in [0.717, 1.165) is 5.76 Å². The molecule has 124 valence electrons. The normalized spacial score (nSPS) is 11.5. The van der Waals surface area contributed by atoms with Crippen molar-refractivity contribution >= 4 is 17.2 Å². The van der Waals surface area contributed by atoms with Gasteiger partial charge in [-0.25, -0.2) is 4.98 Å². The van der Waals surface area contributed by atoms with Crippen LogP contribution in [-0.4, -0.2) is 35.1 Å². The Kier molecular flexibility index (Phi) is 5.25. The minimum Gasteiger partial charge on any atom is -0.459 e. The van der Waals surface area contributed by atoms with Gasteiger partial charge in [0, 0.05) is 11.9 Å². The van der Waals surface area contributed by atoms with Crippen molar-refractivity contribution in [1.29, 1.82) is 0 Å². The zero-order valence-electron chi connectivity index (χ0n) is 12.4. The number of hydrogen-bond acceptors (Lipinski definition) is 4. The van der Waals surface area contributed by atoms with E-state index in [9.17, 15) is 18.0 Å². The van der Waals surface area contributed by atoms with E-state index in [-0.39, 0.29) is 13.0 Å². The maximum absolute atomic E-state index is 12.5. The molecule has 0 bridgehead atoms. The van der Waals surface area contributed by atoms with Crippen molar-refractivity contribution in [3.8, 4) is 10.8 Å². The van der Waals surface area contributed by atoms with Gasteiger partial charge in [-0.3, -0.25) is 4.79 Å². The van der Waals surface area contributed by atoms with Crippen molar-refractivity contribution in [1.82, 2.24) is 9.88 Å². The predicted octanol–water partition coefficient (Wildman–Crippen LogP) is 3.83. The highest BCUT2D eigenvalue weighted by molar-refractivity contribution is 7.13. The molecule has 0 radical (unpaired) electrons. The summed E-state index contributed by atoms with van der Waals surface area (Å²) in [7, 11) is 0. The molecule has 2 rings (SSSR count). The molecular weight excluding hydrogens is 329 g/mol. The number of aromatic nitrogens is 1. The van der Waals surface area contributed by atoms with Crippen LogP contribution < -0.4 is 0 Å². The van der Waals surface area contributed by atoms with E-state index in [1.165, 1.54) is 17.4 Å². The number of amides is 1. The summed E-state index contributed by atoms with van der Waals surface area (Å²) in [6.45, 7) is 3.72. The van der Waals surface area contributed by atoms with Gasteiger partial charge in [-0.15, -0.1) is 17.9 Å². The van der Waals surface area contributed by atoms with Crippen LogP contribution >= 0.6 is 11.3 Å². The van der Waals surface area contributed by atoms with E-state index in [1.54, 1.807) is 24.4 Å². The van der Waals surface area contributed by atoms with Crippen LogP contribution in [0.1, 0.15) is 11.5 Å². The highest BCUT2D eigenvalue weighted by atomic mass is 32.1. The lowest BCUT2D eigenvalue weighted by atomic mass is 10.3. The Balaban J connectivity index is 2.06. The number of nitrogens with zero attached hydrogens (tertiary/aromatic N) is 2. The molecule has 4 nitrogen and oxygen atoms in total. The van der Waals surface area contributed by atoms with E-state index in [1.807, 2.05) is 0 Å². The Morgan fingerprint density at radius 3 is 2.78 bits per heavy atom. The number of hydrogen-bond donors (Lipinski definition) is 0. The Hall–Kier alpha value is -2.09. The van der Waals surface area contributed by atoms with Gasteiger partial charge in [0.1, 0.15) is 12.3 Å². The first-order valence-corrected chi connectivity index (χ1v) is 7.63. The van der Waals surface area contributed by atoms with Gasteiger partial charge in [0.25, 0.3) is 0 Å². The molecule has 8 heteroatoms. The molecule has 0 aromatic carbocycles. The summed E-state index contributed by atoms with van der Waals surface area (Å²) in [5.74, 6) is 0.661. The second-order valence-electron chi connectivity index (χ2n) is 4.91. The topological polar surface area (TPSA) is 46.3 Å². The van der Waals surface area contributed by atoms with E-state index >= 15 is 0 Å². The van der Waals surface area contributed by atoms with Crippen LogP contribution in [0.15, 0.2) is 34.6 Å². The molecule has 1 amide bonds. The highest BCUT2D eigenvalue weighted by Gasteiger charge is 2.32. The summed E-state index contributed by atoms with van der Waals surface area (Å²) in [6.07, 6.45) is -3.38. The molecule has 2 heterocycles. The summed E-state index contributed by atoms with van der Waals surface area (Å²) in [4.78, 5) is 17.0. The molecular formula is C15H15F3N2O2S. The first-order valence-electron chi connectivity index (χ1n) is 6.75. The van der Waals surface area contributed by atoms with Crippen LogP contribution in [0.2, 0.25) is 0 Å². The Labute approximate surface area is 135 Å². The first-order chi connectivity index (χ1) is 10.8. The second-order valence-corrected chi connectivity index (χ2v) is 5.77. The molecule has 0 saturated heterocycles. The Bertz CT molecular complexity index is 691. The molecule has 0 unspecified atom stereocenters. The molecule has 0 atom stereocenters. The summed E-state index contributed by atoms with van der Waals surface area (Å²) < 4.78 is 42.9. The highest BCUT2D eigenvalue weighted by Crippen LogP contribution is 2.26. The standard InChI is InChI=1S/C15H15F3N2O2S/c1-3-6-20(9-15(16,17)18)13(21)7-11-8-23-14(19-11)12-5-4-10(2)22-12/h3-5,8H,1,6-7,9H2,2H3. The van der Waals surface area contributed by atoms with E-state index in [4.69, 9.17) is 4.42 Å². The van der Waals surface area contributed by atoms with Crippen molar-refractivity contribution in [3.63, 3.8) is 0 Å². The van der Waals surface area contributed by atoms with Crippen molar-refractivity contribution in [2.24, 2.45) is 0 Å². The minimum absolute atomic E-state index is 0.160. The number of carbonyl (C=O) groups is 1. The van der Waals surface area contributed by atoms with Crippen LogP contribution in [0, 0.1) is 6.92 Å². The van der Waals surface area contributed by atoms with Gasteiger partial charge in [-0.1, -0.05) is 6.08 Å². The summed E-state index contributed by atoms with van der Waals surface area (Å²) in [5, 5.41) is 2.23. The van der Waals surface area contributed by atoms with Gasteiger partial charge in [-0.2, -0.15) is 13.2 Å². The summed E-state index contributed by atoms with van der Waals surface area (Å²) in [5.41, 5.74) is 0.417. The van der Waals surface area contributed by atoms with Gasteiger partial charge in [0.2, 0.25) is 5.91 Å². The lowest BCUT2D eigenvalue weighted by Crippen LogP contribution is -2.39. The number of rotatable bonds is 6. The fourth-order valence-corrected chi connectivity index (χ4v) is 2.72. The SMILES string of the molecule is C=CCN(CC(F)(F)F)C(=O)Cc1csc(-c2ccc(C)o2)n1. The minimum atomic E-state index is -4.45. The van der Waals surface area contributed by atoms with Crippen LogP contribution in [0.4, 0.5) is 13.2 Å². The van der Waals surface area contributed by atoms with Crippen LogP contribution in [0.3, 0.4) is 0 Å². The fourth-order valence-electron chi connectivity index (χ4n) is 1.94. The molecule has 0 N–H and O–H groups in total. The van der Waals surface area contributed by atoms with Gasteiger partial charge in [0.15, 0.2) is 10.8 Å². The zero-order chi connectivity index (χ0) is 17.0. The smallest absolute Gasteiger partial charge is 0.406 e. The van der Waals surface area contributed by atoms with E-state index in [2.05, 4.69) is 11.6 Å². The van der Waals surface area contributed by atoms with Crippen molar-refractivity contribution in [3.05, 3.63) is 41.6 Å². The summed E-state index contributed by atoms with van der Waals surface area (Å²) >= 11 is 1.28. The summed E-state index contributed by atoms with van der Waals surface area (Å²) in [6, 6.07) is 3.55. The number of furan rings is 1. The molecule has 0 aliphatic carbocycles. The van der Waals surface area contributed by atoms with Gasteiger partial charge >= 0.3 is 6.18 Å². The third-order valence-electron chi connectivity index (χ3n) is 2.91. The third kappa shape index (κ3) is 4.95. The predicted molar refractivity (Wildman–Crippen MR) is 81.1 cm³/mol. The average Bonchev–Trinajstić information content (AvgIpc) is 3.05. The molecule has 0 spiro atoms. The van der Waals surface area contributed by atoms with Crippen molar-refractivity contribution in [2.75, 3.05) is 13.1 Å². The van der Waals surface area contributed by atoms with Crippen molar-refractivity contribution in [2.45, 2.75) is 19.5 Å². The third-order valence-corrected chi connectivity index (χ3v) is 3.81. The van der Waals surface area contributed by atoms with Crippen LogP contribution in [0.25, 0.3) is 10.8 Å². The van der Waals surface area contributed by atoms with Crippen LogP contribution in [-0.2, 0) is 11.2 Å². The van der Waals surface area contributed by atoms with Gasteiger partial charge in [-0.05, 0) is 19.1 Å². The molecule has 0 aliphatic rings. The van der Waals surface area contributed by atoms with Gasteiger partial charge in [0.05, 0.1) is 12.1 Å². The number of thiazole rings is 1. The number of aryl methyl sites for hydroxylation is 1. The molecule has 23 heavy (non-hydrogen) atoms. The number of halogens is 3. The first kappa shape index (κ1) is 17.3. The van der Waals surface area contributed by atoms with E-state index < -0.39 is 18.6 Å².